The molecule has 78 valence electrons. The number of imidazole rings is 1. The summed E-state index contributed by atoms with van der Waals surface area (Å²) in [7, 11) is 0. The van der Waals surface area contributed by atoms with Crippen LogP contribution in [0.25, 0.3) is 0 Å². The summed E-state index contributed by atoms with van der Waals surface area (Å²) in [5.74, 6) is -1.13. The third-order valence-corrected chi connectivity index (χ3v) is 1.67. The number of carbonyl (C=O) groups excluding carboxylic acids is 1. The first kappa shape index (κ1) is 10.7. The highest BCUT2D eigenvalue weighted by Crippen LogP contribution is 2.21. The summed E-state index contributed by atoms with van der Waals surface area (Å²) in [6.45, 7) is 2.16. The summed E-state index contributed by atoms with van der Waals surface area (Å²) in [6.07, 6.45) is -3.14. The van der Waals surface area contributed by atoms with Gasteiger partial charge in [-0.05, 0) is 6.92 Å². The number of halogens is 3. The van der Waals surface area contributed by atoms with Crippen LogP contribution in [-0.4, -0.2) is 21.5 Å². The predicted octanol–water partition coefficient (Wildman–Crippen LogP) is 2.04. The van der Waals surface area contributed by atoms with E-state index in [2.05, 4.69) is 4.98 Å². The number of hydrogen-bond donors (Lipinski definition) is 0. The fourth-order valence-corrected chi connectivity index (χ4v) is 1.08. The van der Waals surface area contributed by atoms with Crippen molar-refractivity contribution in [3.05, 3.63) is 18.2 Å². The van der Waals surface area contributed by atoms with Gasteiger partial charge in [-0.15, -0.1) is 0 Å². The first-order chi connectivity index (χ1) is 6.44. The molecule has 0 spiro atoms. The number of ketones is 1. The Kier molecular flexibility index (Phi) is 2.93. The SMILES string of the molecule is CCn1ccnc1C(=O)CC(F)(F)F. The molecule has 6 heteroatoms. The van der Waals surface area contributed by atoms with Crippen LogP contribution >= 0.6 is 0 Å². The first-order valence-corrected chi connectivity index (χ1v) is 4.05. The van der Waals surface area contributed by atoms with Gasteiger partial charge in [-0.1, -0.05) is 0 Å². The second-order valence-corrected chi connectivity index (χ2v) is 2.75. The van der Waals surface area contributed by atoms with Crippen molar-refractivity contribution in [2.75, 3.05) is 0 Å². The summed E-state index contributed by atoms with van der Waals surface area (Å²) >= 11 is 0. The van der Waals surface area contributed by atoms with Crippen molar-refractivity contribution in [1.82, 2.24) is 9.55 Å². The number of hydrogen-bond acceptors (Lipinski definition) is 2. The smallest absolute Gasteiger partial charge is 0.329 e. The molecular weight excluding hydrogens is 197 g/mol. The van der Waals surface area contributed by atoms with Crippen LogP contribution in [0.15, 0.2) is 12.4 Å². The summed E-state index contributed by atoms with van der Waals surface area (Å²) < 4.78 is 37.0. The molecule has 0 unspecified atom stereocenters. The standard InChI is InChI=1S/C8H9F3N2O/c1-2-13-4-3-12-7(13)6(14)5-8(9,10)11/h3-4H,2,5H2,1H3. The van der Waals surface area contributed by atoms with Crippen LogP contribution in [0.4, 0.5) is 13.2 Å². The van der Waals surface area contributed by atoms with Crippen molar-refractivity contribution in [3.8, 4) is 0 Å². The van der Waals surface area contributed by atoms with E-state index in [9.17, 15) is 18.0 Å². The van der Waals surface area contributed by atoms with E-state index in [1.54, 1.807) is 6.92 Å². The number of nitrogens with zero attached hydrogens (tertiary/aromatic N) is 2. The van der Waals surface area contributed by atoms with E-state index < -0.39 is 18.4 Å². The van der Waals surface area contributed by atoms with Gasteiger partial charge >= 0.3 is 6.18 Å². The van der Waals surface area contributed by atoms with Gasteiger partial charge in [0.2, 0.25) is 5.78 Å². The molecule has 3 nitrogen and oxygen atoms in total. The topological polar surface area (TPSA) is 34.9 Å². The van der Waals surface area contributed by atoms with Crippen LogP contribution in [0.5, 0.6) is 0 Å². The van der Waals surface area contributed by atoms with Crippen molar-refractivity contribution >= 4 is 5.78 Å². The molecule has 0 radical (unpaired) electrons. The lowest BCUT2D eigenvalue weighted by molar-refractivity contribution is -0.125. The summed E-state index contributed by atoms with van der Waals surface area (Å²) in [5, 5.41) is 0. The first-order valence-electron chi connectivity index (χ1n) is 4.05. The normalized spacial score (nSPS) is 11.7. The van der Waals surface area contributed by atoms with E-state index in [0.29, 0.717) is 6.54 Å². The monoisotopic (exact) mass is 206 g/mol. The maximum atomic E-state index is 11.9. The van der Waals surface area contributed by atoms with E-state index in [0.717, 1.165) is 0 Å². The Hall–Kier alpha value is -1.33. The van der Waals surface area contributed by atoms with Crippen LogP contribution in [0.1, 0.15) is 24.0 Å². The van der Waals surface area contributed by atoms with E-state index >= 15 is 0 Å². The average molecular weight is 206 g/mol. The average Bonchev–Trinajstić information content (AvgIpc) is 2.47. The van der Waals surface area contributed by atoms with Crippen LogP contribution in [0.3, 0.4) is 0 Å². The molecule has 1 rings (SSSR count). The van der Waals surface area contributed by atoms with E-state index in [4.69, 9.17) is 0 Å². The molecule has 0 bridgehead atoms. The third kappa shape index (κ3) is 2.58. The van der Waals surface area contributed by atoms with Crippen molar-refractivity contribution in [3.63, 3.8) is 0 Å². The fourth-order valence-electron chi connectivity index (χ4n) is 1.08. The van der Waals surface area contributed by atoms with E-state index in [-0.39, 0.29) is 5.82 Å². The number of aromatic nitrogens is 2. The van der Waals surface area contributed by atoms with Crippen LogP contribution in [0.2, 0.25) is 0 Å². The molecule has 0 aliphatic rings. The molecule has 0 fully saturated rings. The predicted molar refractivity (Wildman–Crippen MR) is 42.9 cm³/mol. The Labute approximate surface area is 78.6 Å². The zero-order chi connectivity index (χ0) is 10.8. The molecule has 1 aromatic rings. The van der Waals surface area contributed by atoms with Gasteiger partial charge in [0.05, 0.1) is 0 Å². The van der Waals surface area contributed by atoms with Gasteiger partial charge < -0.3 is 4.57 Å². The summed E-state index contributed by atoms with van der Waals surface area (Å²) in [4.78, 5) is 14.7. The molecule has 1 aromatic heterocycles. The van der Waals surface area contributed by atoms with Crippen molar-refractivity contribution < 1.29 is 18.0 Å². The molecule has 0 saturated heterocycles. The highest BCUT2D eigenvalue weighted by Gasteiger charge is 2.33. The van der Waals surface area contributed by atoms with Crippen molar-refractivity contribution in [2.45, 2.75) is 26.1 Å². The fraction of sp³-hybridized carbons (Fsp3) is 0.500. The molecule has 0 amide bonds. The Bertz CT molecular complexity index is 330. The number of carbonyl (C=O) groups is 1. The Morgan fingerprint density at radius 2 is 2.21 bits per heavy atom. The maximum absolute atomic E-state index is 11.9. The van der Waals surface area contributed by atoms with Gasteiger partial charge in [0.1, 0.15) is 6.42 Å². The summed E-state index contributed by atoms with van der Waals surface area (Å²) in [5.41, 5.74) is 0. The second kappa shape index (κ2) is 3.81. The van der Waals surface area contributed by atoms with Gasteiger partial charge in [0.25, 0.3) is 0 Å². The molecule has 0 saturated carbocycles. The molecule has 0 N–H and O–H groups in total. The minimum absolute atomic E-state index is 0.134. The number of rotatable bonds is 3. The van der Waals surface area contributed by atoms with E-state index in [1.807, 2.05) is 0 Å². The molecule has 0 aliphatic carbocycles. The number of Topliss-reactive ketones (excluding diaryl/α,β-unsaturated/α-hetero) is 1. The van der Waals surface area contributed by atoms with Crippen LogP contribution in [0, 0.1) is 0 Å². The molecule has 0 aromatic carbocycles. The zero-order valence-electron chi connectivity index (χ0n) is 7.51. The molecule has 0 aliphatic heterocycles. The third-order valence-electron chi connectivity index (χ3n) is 1.67. The zero-order valence-corrected chi connectivity index (χ0v) is 7.51. The largest absolute Gasteiger partial charge is 0.396 e. The Balaban J connectivity index is 2.80. The van der Waals surface area contributed by atoms with Crippen LogP contribution < -0.4 is 0 Å². The molecule has 14 heavy (non-hydrogen) atoms. The van der Waals surface area contributed by atoms with Gasteiger partial charge in [-0.3, -0.25) is 4.79 Å². The van der Waals surface area contributed by atoms with E-state index in [1.165, 1.54) is 17.0 Å². The lowest BCUT2D eigenvalue weighted by atomic mass is 10.2. The van der Waals surface area contributed by atoms with Crippen molar-refractivity contribution in [1.29, 1.82) is 0 Å². The van der Waals surface area contributed by atoms with Crippen molar-refractivity contribution in [2.24, 2.45) is 0 Å². The highest BCUT2D eigenvalue weighted by atomic mass is 19.4. The highest BCUT2D eigenvalue weighted by molar-refractivity contribution is 5.93. The molecule has 1 heterocycles. The quantitative estimate of drug-likeness (QED) is 0.709. The maximum Gasteiger partial charge on any atom is 0.396 e. The Morgan fingerprint density at radius 3 is 2.71 bits per heavy atom. The lowest BCUT2D eigenvalue weighted by Crippen LogP contribution is -2.18. The molecular formula is C8H9F3N2O. The Morgan fingerprint density at radius 1 is 1.57 bits per heavy atom. The number of alkyl halides is 3. The minimum Gasteiger partial charge on any atom is -0.329 e. The van der Waals surface area contributed by atoms with Gasteiger partial charge in [0.15, 0.2) is 5.82 Å². The minimum atomic E-state index is -4.47. The van der Waals surface area contributed by atoms with Crippen LogP contribution in [-0.2, 0) is 6.54 Å². The number of aryl methyl sites for hydroxylation is 1. The second-order valence-electron chi connectivity index (χ2n) is 2.75. The molecule has 0 atom stereocenters. The lowest BCUT2D eigenvalue weighted by Gasteiger charge is -2.06. The summed E-state index contributed by atoms with van der Waals surface area (Å²) in [6, 6.07) is 0. The van der Waals surface area contributed by atoms with Gasteiger partial charge in [-0.2, -0.15) is 13.2 Å². The van der Waals surface area contributed by atoms with Gasteiger partial charge in [0, 0.05) is 18.9 Å². The van der Waals surface area contributed by atoms with Gasteiger partial charge in [-0.25, -0.2) is 4.98 Å².